The van der Waals surface area contributed by atoms with E-state index in [2.05, 4.69) is 5.32 Å². The van der Waals surface area contributed by atoms with Crippen LogP contribution in [0.5, 0.6) is 0 Å². The predicted molar refractivity (Wildman–Crippen MR) is 109 cm³/mol. The van der Waals surface area contributed by atoms with Crippen LogP contribution in [0, 0.1) is 17.3 Å². The van der Waals surface area contributed by atoms with E-state index >= 15 is 0 Å². The van der Waals surface area contributed by atoms with Gasteiger partial charge in [0.15, 0.2) is 6.61 Å². The van der Waals surface area contributed by atoms with Gasteiger partial charge >= 0.3 is 11.9 Å². The summed E-state index contributed by atoms with van der Waals surface area (Å²) in [7, 11) is 0. The maximum absolute atomic E-state index is 12.8. The van der Waals surface area contributed by atoms with Crippen LogP contribution in [-0.2, 0) is 19.1 Å². The van der Waals surface area contributed by atoms with Gasteiger partial charge in [0.1, 0.15) is 0 Å². The van der Waals surface area contributed by atoms with E-state index in [9.17, 15) is 19.5 Å². The van der Waals surface area contributed by atoms with Crippen LogP contribution < -0.4 is 5.32 Å². The van der Waals surface area contributed by atoms with Gasteiger partial charge in [-0.25, -0.2) is 4.79 Å². The summed E-state index contributed by atoms with van der Waals surface area (Å²) in [5.41, 5.74) is -0.467. The zero-order valence-corrected chi connectivity index (χ0v) is 17.3. The lowest BCUT2D eigenvalue weighted by Crippen LogP contribution is -2.58. The Morgan fingerprint density at radius 3 is 2.33 bits per heavy atom. The second-order valence-corrected chi connectivity index (χ2v) is 9.30. The van der Waals surface area contributed by atoms with Gasteiger partial charge in [-0.05, 0) is 81.0 Å². The lowest BCUT2D eigenvalue weighted by molar-refractivity contribution is -0.196. The van der Waals surface area contributed by atoms with Gasteiger partial charge < -0.3 is 19.9 Å². The molecule has 0 spiro atoms. The summed E-state index contributed by atoms with van der Waals surface area (Å²) >= 11 is 0. The van der Waals surface area contributed by atoms with Gasteiger partial charge in [0.2, 0.25) is 0 Å². The number of aliphatic hydroxyl groups is 1. The molecule has 162 valence electrons. The van der Waals surface area contributed by atoms with Crippen LogP contribution >= 0.6 is 0 Å². The minimum atomic E-state index is -0.745. The highest BCUT2D eigenvalue weighted by molar-refractivity contribution is 5.94. The SMILES string of the molecule is CCCOC(=O)c1ccc(NC(=O)COC(=O)C23C[C@@H]4C[C@@H](CC(O)(C4)C2)C3)cc1. The average molecular weight is 415 g/mol. The quantitative estimate of drug-likeness (QED) is 0.664. The van der Waals surface area contributed by atoms with Gasteiger partial charge in [0, 0.05) is 5.69 Å². The van der Waals surface area contributed by atoms with Crippen molar-refractivity contribution in [1.82, 2.24) is 0 Å². The first kappa shape index (κ1) is 20.8. The molecule has 30 heavy (non-hydrogen) atoms. The fraction of sp³-hybridized carbons (Fsp3) is 0.609. The summed E-state index contributed by atoms with van der Waals surface area (Å²) in [6.07, 6.45) is 5.34. The van der Waals surface area contributed by atoms with Gasteiger partial charge in [-0.15, -0.1) is 0 Å². The molecule has 1 aromatic carbocycles. The Bertz CT molecular complexity index is 819. The Balaban J connectivity index is 1.29. The first-order valence-electron chi connectivity index (χ1n) is 10.8. The third-order valence-electron chi connectivity index (χ3n) is 6.64. The molecule has 4 saturated carbocycles. The average Bonchev–Trinajstić information content (AvgIpc) is 2.69. The summed E-state index contributed by atoms with van der Waals surface area (Å²) in [5.74, 6) is -0.450. The van der Waals surface area contributed by atoms with Gasteiger partial charge in [0.05, 0.1) is 23.2 Å². The third kappa shape index (κ3) is 4.21. The molecule has 0 radical (unpaired) electrons. The smallest absolute Gasteiger partial charge is 0.338 e. The molecule has 7 nitrogen and oxygen atoms in total. The van der Waals surface area contributed by atoms with E-state index in [1.165, 1.54) is 0 Å². The van der Waals surface area contributed by atoms with Crippen molar-refractivity contribution in [2.24, 2.45) is 17.3 Å². The van der Waals surface area contributed by atoms with E-state index < -0.39 is 22.9 Å². The Labute approximate surface area is 176 Å². The number of carbonyl (C=O) groups is 3. The fourth-order valence-corrected chi connectivity index (χ4v) is 5.90. The van der Waals surface area contributed by atoms with Crippen molar-refractivity contribution < 1.29 is 29.0 Å². The summed E-state index contributed by atoms with van der Waals surface area (Å²) in [6.45, 7) is 1.92. The van der Waals surface area contributed by atoms with Gasteiger partial charge in [-0.1, -0.05) is 6.92 Å². The topological polar surface area (TPSA) is 102 Å². The standard InChI is InChI=1S/C23H29NO6/c1-2-7-29-20(26)17-3-5-18(6-4-17)24-19(25)13-30-21(27)22-9-15-8-16(10-22)12-23(28,11-15)14-22/h3-6,15-16,28H,2,7-14H2,1H3,(H,24,25)/t15-,16+,22?,23?. The Kier molecular flexibility index (Phi) is 5.57. The van der Waals surface area contributed by atoms with Crippen LogP contribution in [0.4, 0.5) is 5.69 Å². The largest absolute Gasteiger partial charge is 0.462 e. The Morgan fingerprint density at radius 2 is 1.73 bits per heavy atom. The number of ether oxygens (including phenoxy) is 2. The first-order valence-corrected chi connectivity index (χ1v) is 10.8. The highest BCUT2D eigenvalue weighted by Gasteiger charge is 2.60. The number of benzene rings is 1. The number of rotatable bonds is 7. The minimum Gasteiger partial charge on any atom is -0.462 e. The van der Waals surface area contributed by atoms with Crippen molar-refractivity contribution in [2.45, 2.75) is 57.5 Å². The molecule has 1 amide bonds. The molecule has 4 aliphatic rings. The summed E-state index contributed by atoms with van der Waals surface area (Å²) < 4.78 is 10.4. The highest BCUT2D eigenvalue weighted by atomic mass is 16.5. The molecule has 4 atom stereocenters. The lowest BCUT2D eigenvalue weighted by Gasteiger charge is -2.58. The van der Waals surface area contributed by atoms with Crippen molar-refractivity contribution >= 4 is 23.5 Å². The molecule has 4 fully saturated rings. The van der Waals surface area contributed by atoms with E-state index in [0.717, 1.165) is 38.5 Å². The van der Waals surface area contributed by atoms with E-state index in [0.29, 0.717) is 36.1 Å². The zero-order valence-electron chi connectivity index (χ0n) is 17.3. The van der Waals surface area contributed by atoms with Crippen LogP contribution in [0.25, 0.3) is 0 Å². The van der Waals surface area contributed by atoms with E-state index in [-0.39, 0.29) is 12.6 Å². The highest BCUT2D eigenvalue weighted by Crippen LogP contribution is 2.61. The predicted octanol–water partition coefficient (Wildman–Crippen LogP) is 3.07. The monoisotopic (exact) mass is 415 g/mol. The number of esters is 2. The first-order chi connectivity index (χ1) is 14.3. The van der Waals surface area contributed by atoms with Crippen molar-refractivity contribution in [3.05, 3.63) is 29.8 Å². The second kappa shape index (κ2) is 8.02. The van der Waals surface area contributed by atoms with Crippen molar-refractivity contribution in [2.75, 3.05) is 18.5 Å². The molecular weight excluding hydrogens is 386 g/mol. The molecule has 0 saturated heterocycles. The van der Waals surface area contributed by atoms with Crippen LogP contribution in [0.15, 0.2) is 24.3 Å². The number of carbonyl (C=O) groups excluding carboxylic acids is 3. The number of hydrogen-bond donors (Lipinski definition) is 2. The summed E-state index contributed by atoms with van der Waals surface area (Å²) in [6, 6.07) is 6.37. The summed E-state index contributed by atoms with van der Waals surface area (Å²) in [5, 5.41) is 13.4. The van der Waals surface area contributed by atoms with Crippen LogP contribution in [0.1, 0.15) is 62.2 Å². The van der Waals surface area contributed by atoms with E-state index in [1.54, 1.807) is 24.3 Å². The number of nitrogens with one attached hydrogen (secondary N) is 1. The van der Waals surface area contributed by atoms with Gasteiger partial charge in [-0.2, -0.15) is 0 Å². The Hall–Kier alpha value is -2.41. The molecule has 7 heteroatoms. The molecule has 4 aliphatic carbocycles. The molecule has 5 rings (SSSR count). The maximum atomic E-state index is 12.8. The fourth-order valence-electron chi connectivity index (χ4n) is 5.90. The molecule has 2 N–H and O–H groups in total. The van der Waals surface area contributed by atoms with Gasteiger partial charge in [0.25, 0.3) is 5.91 Å². The molecule has 0 aromatic heterocycles. The molecular formula is C23H29NO6. The van der Waals surface area contributed by atoms with E-state index in [1.807, 2.05) is 6.92 Å². The van der Waals surface area contributed by atoms with Crippen LogP contribution in [0.3, 0.4) is 0 Å². The van der Waals surface area contributed by atoms with E-state index in [4.69, 9.17) is 9.47 Å². The Morgan fingerprint density at radius 1 is 1.07 bits per heavy atom. The molecule has 1 aromatic rings. The molecule has 2 unspecified atom stereocenters. The third-order valence-corrected chi connectivity index (χ3v) is 6.64. The van der Waals surface area contributed by atoms with Crippen LogP contribution in [0.2, 0.25) is 0 Å². The minimum absolute atomic E-state index is 0.362. The molecule has 4 bridgehead atoms. The molecule has 0 heterocycles. The van der Waals surface area contributed by atoms with Crippen LogP contribution in [-0.4, -0.2) is 41.8 Å². The number of hydrogen-bond acceptors (Lipinski definition) is 6. The maximum Gasteiger partial charge on any atom is 0.338 e. The lowest BCUT2D eigenvalue weighted by atomic mass is 9.48. The summed E-state index contributed by atoms with van der Waals surface area (Å²) in [4.78, 5) is 36.9. The van der Waals surface area contributed by atoms with Gasteiger partial charge in [-0.3, -0.25) is 9.59 Å². The van der Waals surface area contributed by atoms with Crippen molar-refractivity contribution in [3.8, 4) is 0 Å². The molecule has 0 aliphatic heterocycles. The number of anilines is 1. The van der Waals surface area contributed by atoms with Crippen molar-refractivity contribution in [3.63, 3.8) is 0 Å². The second-order valence-electron chi connectivity index (χ2n) is 9.30. The number of amides is 1. The zero-order chi connectivity index (χ0) is 21.4. The van der Waals surface area contributed by atoms with Crippen molar-refractivity contribution in [1.29, 1.82) is 0 Å². The normalized spacial score (nSPS) is 31.3.